The molecule has 1 aromatic carbocycles. The fraction of sp³-hybridized carbons (Fsp3) is 0.571. The van der Waals surface area contributed by atoms with Crippen LogP contribution in [0.2, 0.25) is 0 Å². The van der Waals surface area contributed by atoms with E-state index in [2.05, 4.69) is 36.5 Å². The number of rotatable bonds is 9. The van der Waals surface area contributed by atoms with Crippen molar-refractivity contribution in [1.29, 1.82) is 0 Å². The van der Waals surface area contributed by atoms with Crippen molar-refractivity contribution < 1.29 is 4.74 Å². The lowest BCUT2D eigenvalue weighted by Gasteiger charge is -2.11. The fourth-order valence-electron chi connectivity index (χ4n) is 1.57. The summed E-state index contributed by atoms with van der Waals surface area (Å²) in [5.74, 6) is 2.44. The van der Waals surface area contributed by atoms with Crippen molar-refractivity contribution in [3.05, 3.63) is 29.8 Å². The Morgan fingerprint density at radius 1 is 1.24 bits per heavy atom. The van der Waals surface area contributed by atoms with Gasteiger partial charge in [-0.15, -0.1) is 0 Å². The lowest BCUT2D eigenvalue weighted by Crippen LogP contribution is -2.06. The number of para-hydroxylation sites is 1. The summed E-state index contributed by atoms with van der Waals surface area (Å²) in [5, 5.41) is 3.49. The average molecular weight is 253 g/mol. The van der Waals surface area contributed by atoms with Crippen LogP contribution in [0.15, 0.2) is 24.3 Å². The Balaban J connectivity index is 2.35. The second-order valence-corrected chi connectivity index (χ2v) is 5.17. The third-order valence-electron chi connectivity index (χ3n) is 2.46. The van der Waals surface area contributed by atoms with Gasteiger partial charge in [-0.1, -0.05) is 25.1 Å². The van der Waals surface area contributed by atoms with E-state index in [0.29, 0.717) is 6.61 Å². The lowest BCUT2D eigenvalue weighted by molar-refractivity contribution is 0.134. The largest absolute Gasteiger partial charge is 0.385 e. The molecule has 3 heteroatoms. The summed E-state index contributed by atoms with van der Waals surface area (Å²) in [4.78, 5) is 0. The highest BCUT2D eigenvalue weighted by atomic mass is 32.2. The summed E-state index contributed by atoms with van der Waals surface area (Å²) in [6.07, 6.45) is 1.21. The zero-order valence-corrected chi connectivity index (χ0v) is 11.7. The van der Waals surface area contributed by atoms with Gasteiger partial charge in [0, 0.05) is 24.4 Å². The first-order chi connectivity index (χ1) is 8.38. The molecule has 0 aliphatic rings. The van der Waals surface area contributed by atoms with Crippen LogP contribution >= 0.6 is 11.8 Å². The van der Waals surface area contributed by atoms with Crippen LogP contribution < -0.4 is 5.32 Å². The molecule has 0 amide bonds. The molecule has 0 aromatic heterocycles. The minimum Gasteiger partial charge on any atom is -0.385 e. The van der Waals surface area contributed by atoms with E-state index < -0.39 is 0 Å². The van der Waals surface area contributed by atoms with Crippen LogP contribution in [0.25, 0.3) is 0 Å². The van der Waals surface area contributed by atoms with Gasteiger partial charge < -0.3 is 10.1 Å². The molecule has 0 atom stereocenters. The number of nitrogens with one attached hydrogen (secondary N) is 1. The number of benzene rings is 1. The first-order valence-electron chi connectivity index (χ1n) is 6.35. The van der Waals surface area contributed by atoms with Crippen LogP contribution in [0.1, 0.15) is 25.8 Å². The normalized spacial score (nSPS) is 10.5. The van der Waals surface area contributed by atoms with E-state index >= 15 is 0 Å². The third-order valence-corrected chi connectivity index (χ3v) is 3.45. The van der Waals surface area contributed by atoms with E-state index in [-0.39, 0.29) is 0 Å². The maximum absolute atomic E-state index is 5.46. The SMILES string of the molecule is CCOCc1ccccc1NCCCSCC. The molecule has 0 bridgehead atoms. The second-order valence-electron chi connectivity index (χ2n) is 3.77. The van der Waals surface area contributed by atoms with Crippen LogP contribution in [-0.2, 0) is 11.3 Å². The van der Waals surface area contributed by atoms with Crippen molar-refractivity contribution in [2.45, 2.75) is 26.9 Å². The summed E-state index contributed by atoms with van der Waals surface area (Å²) < 4.78 is 5.46. The molecule has 0 saturated heterocycles. The van der Waals surface area contributed by atoms with Crippen molar-refractivity contribution in [3.8, 4) is 0 Å². The smallest absolute Gasteiger partial charge is 0.0736 e. The quantitative estimate of drug-likeness (QED) is 0.677. The third kappa shape index (κ3) is 5.99. The van der Waals surface area contributed by atoms with E-state index in [1.807, 2.05) is 18.7 Å². The molecule has 1 N–H and O–H groups in total. The Morgan fingerprint density at radius 3 is 2.82 bits per heavy atom. The lowest BCUT2D eigenvalue weighted by atomic mass is 10.2. The van der Waals surface area contributed by atoms with Crippen molar-refractivity contribution in [2.24, 2.45) is 0 Å². The predicted octanol–water partition coefficient (Wildman–Crippen LogP) is 3.78. The minimum atomic E-state index is 0.698. The summed E-state index contributed by atoms with van der Waals surface area (Å²) in [5.41, 5.74) is 2.46. The fourth-order valence-corrected chi connectivity index (χ4v) is 2.21. The molecule has 2 nitrogen and oxygen atoms in total. The molecular formula is C14H23NOS. The van der Waals surface area contributed by atoms with Gasteiger partial charge in [0.2, 0.25) is 0 Å². The van der Waals surface area contributed by atoms with E-state index in [9.17, 15) is 0 Å². The van der Waals surface area contributed by atoms with Gasteiger partial charge in [0.15, 0.2) is 0 Å². The number of ether oxygens (including phenoxy) is 1. The van der Waals surface area contributed by atoms with Crippen molar-refractivity contribution in [3.63, 3.8) is 0 Å². The first kappa shape index (κ1) is 14.4. The highest BCUT2D eigenvalue weighted by Gasteiger charge is 2.00. The minimum absolute atomic E-state index is 0.698. The molecule has 0 fully saturated rings. The van der Waals surface area contributed by atoms with Gasteiger partial charge in [0.05, 0.1) is 6.61 Å². The standard InChI is InChI=1S/C14H23NOS/c1-3-16-12-13-8-5-6-9-14(13)15-10-7-11-17-4-2/h5-6,8-9,15H,3-4,7,10-12H2,1-2H3. The summed E-state index contributed by atoms with van der Waals surface area (Å²) in [7, 11) is 0. The number of hydrogen-bond donors (Lipinski definition) is 1. The van der Waals surface area contributed by atoms with Crippen LogP contribution in [-0.4, -0.2) is 24.7 Å². The molecule has 1 rings (SSSR count). The van der Waals surface area contributed by atoms with E-state index in [1.54, 1.807) is 0 Å². The van der Waals surface area contributed by atoms with E-state index in [1.165, 1.54) is 29.2 Å². The molecule has 0 unspecified atom stereocenters. The molecule has 0 aliphatic carbocycles. The second kappa shape index (κ2) is 9.37. The average Bonchev–Trinajstić information content (AvgIpc) is 2.37. The van der Waals surface area contributed by atoms with Crippen molar-refractivity contribution >= 4 is 17.4 Å². The summed E-state index contributed by atoms with van der Waals surface area (Å²) >= 11 is 2.00. The molecule has 0 saturated carbocycles. The summed E-state index contributed by atoms with van der Waals surface area (Å²) in [6, 6.07) is 8.38. The Bertz CT molecular complexity index is 304. The highest BCUT2D eigenvalue weighted by Crippen LogP contribution is 2.16. The van der Waals surface area contributed by atoms with E-state index in [0.717, 1.165) is 13.2 Å². The number of hydrogen-bond acceptors (Lipinski definition) is 3. The van der Waals surface area contributed by atoms with Gasteiger partial charge in [-0.25, -0.2) is 0 Å². The molecule has 17 heavy (non-hydrogen) atoms. The van der Waals surface area contributed by atoms with Gasteiger partial charge in [0.25, 0.3) is 0 Å². The topological polar surface area (TPSA) is 21.3 Å². The Kier molecular flexibility index (Phi) is 7.93. The highest BCUT2D eigenvalue weighted by molar-refractivity contribution is 7.99. The summed E-state index contributed by atoms with van der Waals surface area (Å²) in [6.45, 7) is 6.73. The van der Waals surface area contributed by atoms with Crippen LogP contribution in [0.4, 0.5) is 5.69 Å². The molecule has 96 valence electrons. The van der Waals surface area contributed by atoms with Crippen LogP contribution in [0, 0.1) is 0 Å². The van der Waals surface area contributed by atoms with E-state index in [4.69, 9.17) is 4.74 Å². The van der Waals surface area contributed by atoms with Gasteiger partial charge in [-0.05, 0) is 30.9 Å². The Labute approximate surface area is 109 Å². The Hall–Kier alpha value is -0.670. The Morgan fingerprint density at radius 2 is 2.06 bits per heavy atom. The molecule has 1 aromatic rings. The van der Waals surface area contributed by atoms with Gasteiger partial charge >= 0.3 is 0 Å². The van der Waals surface area contributed by atoms with Gasteiger partial charge in [0.1, 0.15) is 0 Å². The van der Waals surface area contributed by atoms with Crippen LogP contribution in [0.3, 0.4) is 0 Å². The van der Waals surface area contributed by atoms with Gasteiger partial charge in [-0.2, -0.15) is 11.8 Å². The van der Waals surface area contributed by atoms with Gasteiger partial charge in [-0.3, -0.25) is 0 Å². The predicted molar refractivity (Wildman–Crippen MR) is 77.9 cm³/mol. The van der Waals surface area contributed by atoms with Crippen molar-refractivity contribution in [1.82, 2.24) is 0 Å². The zero-order chi connectivity index (χ0) is 12.3. The maximum atomic E-state index is 5.46. The first-order valence-corrected chi connectivity index (χ1v) is 7.51. The number of anilines is 1. The van der Waals surface area contributed by atoms with Crippen LogP contribution in [0.5, 0.6) is 0 Å². The number of thioether (sulfide) groups is 1. The maximum Gasteiger partial charge on any atom is 0.0736 e. The molecule has 0 radical (unpaired) electrons. The monoisotopic (exact) mass is 253 g/mol. The zero-order valence-electron chi connectivity index (χ0n) is 10.9. The molecule has 0 spiro atoms. The molecule has 0 heterocycles. The molecular weight excluding hydrogens is 230 g/mol. The molecule has 0 aliphatic heterocycles. The van der Waals surface area contributed by atoms with Crippen molar-refractivity contribution in [2.75, 3.05) is 30.0 Å².